The van der Waals surface area contributed by atoms with Crippen molar-refractivity contribution in [3.05, 3.63) is 0 Å². The molecule has 0 saturated carbocycles. The van der Waals surface area contributed by atoms with Gasteiger partial charge < -0.3 is 45.1 Å². The molecule has 3 amide bonds. The molecule has 0 aliphatic carbocycles. The number of ketones is 1. The number of hydrogen-bond donors (Lipinski definition) is 5. The molecule has 0 aliphatic rings. The topological polar surface area (TPSA) is 216 Å². The molecule has 1 atom stereocenters. The maximum Gasteiger partial charge on any atom is 0.326 e. The molecule has 0 aromatic carbocycles. The molecule has 0 fully saturated rings. The van der Waals surface area contributed by atoms with Gasteiger partial charge in [-0.3, -0.25) is 24.0 Å². The van der Waals surface area contributed by atoms with E-state index in [0.29, 0.717) is 32.8 Å². The second-order valence-corrected chi connectivity index (χ2v) is 15.3. The summed E-state index contributed by atoms with van der Waals surface area (Å²) < 4.78 is 21.3. The van der Waals surface area contributed by atoms with Crippen LogP contribution in [0, 0.1) is 5.41 Å². The van der Waals surface area contributed by atoms with Crippen LogP contribution in [0.1, 0.15) is 149 Å². The number of carboxylic acid groups (broad SMARTS) is 2. The van der Waals surface area contributed by atoms with Crippen molar-refractivity contribution in [1.82, 2.24) is 16.0 Å². The average molecular weight is 802 g/mol. The molecular weight excluding hydrogens is 726 g/mol. The Labute approximate surface area is 335 Å². The van der Waals surface area contributed by atoms with Gasteiger partial charge in [-0.25, -0.2) is 4.79 Å². The summed E-state index contributed by atoms with van der Waals surface area (Å²) in [6.07, 6.45) is 18.4. The number of nitrogens with one attached hydrogen (secondary N) is 3. The van der Waals surface area contributed by atoms with E-state index in [0.717, 1.165) is 38.5 Å². The predicted octanol–water partition coefficient (Wildman–Crippen LogP) is 5.36. The molecule has 0 radical (unpaired) electrons. The molecule has 0 bridgehead atoms. The van der Waals surface area contributed by atoms with Crippen molar-refractivity contribution in [2.24, 2.45) is 5.41 Å². The first-order valence-corrected chi connectivity index (χ1v) is 20.9. The second kappa shape index (κ2) is 36.2. The minimum atomic E-state index is -1.17. The molecule has 0 aliphatic heterocycles. The van der Waals surface area contributed by atoms with Gasteiger partial charge >= 0.3 is 11.9 Å². The van der Waals surface area contributed by atoms with Crippen molar-refractivity contribution in [3.8, 4) is 0 Å². The highest BCUT2D eigenvalue weighted by Crippen LogP contribution is 2.15. The van der Waals surface area contributed by atoms with E-state index in [2.05, 4.69) is 16.0 Å². The summed E-state index contributed by atoms with van der Waals surface area (Å²) in [5, 5.41) is 26.0. The summed E-state index contributed by atoms with van der Waals surface area (Å²) in [6, 6.07) is -1.13. The third-order valence-corrected chi connectivity index (χ3v) is 9.02. The van der Waals surface area contributed by atoms with Crippen LogP contribution in [-0.4, -0.2) is 118 Å². The lowest BCUT2D eigenvalue weighted by atomic mass is 9.91. The summed E-state index contributed by atoms with van der Waals surface area (Å²) in [6.45, 7) is 7.49. The highest BCUT2D eigenvalue weighted by molar-refractivity contribution is 5.85. The quantitative estimate of drug-likeness (QED) is 0.0496. The molecule has 0 unspecified atom stereocenters. The molecule has 326 valence electrons. The first-order valence-electron chi connectivity index (χ1n) is 20.9. The van der Waals surface area contributed by atoms with Crippen LogP contribution < -0.4 is 16.0 Å². The summed E-state index contributed by atoms with van der Waals surface area (Å²) in [7, 11) is 0. The van der Waals surface area contributed by atoms with Crippen LogP contribution in [0.15, 0.2) is 0 Å². The van der Waals surface area contributed by atoms with E-state index >= 15 is 0 Å². The normalized spacial score (nSPS) is 11.9. The van der Waals surface area contributed by atoms with Gasteiger partial charge in [0.05, 0.1) is 39.6 Å². The molecule has 15 heteroatoms. The Morgan fingerprint density at radius 2 is 0.893 bits per heavy atom. The van der Waals surface area contributed by atoms with Crippen LogP contribution >= 0.6 is 0 Å². The third-order valence-electron chi connectivity index (χ3n) is 9.02. The Kier molecular flexibility index (Phi) is 34.2. The molecule has 0 aromatic heterocycles. The van der Waals surface area contributed by atoms with Gasteiger partial charge in [0.15, 0.2) is 5.78 Å². The molecule has 0 spiro atoms. The van der Waals surface area contributed by atoms with Crippen LogP contribution in [0.4, 0.5) is 0 Å². The van der Waals surface area contributed by atoms with Crippen LogP contribution in [0.2, 0.25) is 0 Å². The predicted molar refractivity (Wildman–Crippen MR) is 213 cm³/mol. The minimum Gasteiger partial charge on any atom is -0.481 e. The van der Waals surface area contributed by atoms with Gasteiger partial charge in [0.1, 0.15) is 19.3 Å². The molecular formula is C41H75N3O12. The number of Topliss-reactive ketones (excluding diaryl/α,β-unsaturated/α-hetero) is 1. The standard InChI is InChI=1S/C41H75N3O12/c1-41(2,3)35(45)32-55-30-28-54-27-25-43-38(48)33-56-31-29-53-26-24-42-36(46)23-22-34(40(51)52)44-37(47)20-18-16-14-12-10-8-6-4-5-7-9-11-13-15-17-19-21-39(49)50/h34H,4-33H2,1-3H3,(H,42,46)(H,43,48)(H,44,47)(H,49,50)(H,51,52)/t34-/m0/s1. The third kappa shape index (κ3) is 36.5. The van der Waals surface area contributed by atoms with Crippen molar-refractivity contribution in [3.63, 3.8) is 0 Å². The molecule has 56 heavy (non-hydrogen) atoms. The Morgan fingerprint density at radius 3 is 1.34 bits per heavy atom. The zero-order valence-electron chi connectivity index (χ0n) is 34.8. The van der Waals surface area contributed by atoms with Gasteiger partial charge in [-0.15, -0.1) is 0 Å². The maximum atomic E-state index is 12.3. The van der Waals surface area contributed by atoms with Crippen molar-refractivity contribution in [1.29, 1.82) is 0 Å². The Bertz CT molecular complexity index is 1070. The van der Waals surface area contributed by atoms with Crippen LogP contribution in [0.3, 0.4) is 0 Å². The fourth-order valence-electron chi connectivity index (χ4n) is 5.49. The lowest BCUT2D eigenvalue weighted by molar-refractivity contribution is -0.142. The number of aliphatic carboxylic acids is 2. The number of rotatable bonds is 40. The highest BCUT2D eigenvalue weighted by Gasteiger charge is 2.21. The fourth-order valence-corrected chi connectivity index (χ4v) is 5.49. The smallest absolute Gasteiger partial charge is 0.326 e. The van der Waals surface area contributed by atoms with Crippen molar-refractivity contribution >= 4 is 35.4 Å². The highest BCUT2D eigenvalue weighted by atomic mass is 16.5. The van der Waals surface area contributed by atoms with Crippen LogP contribution in [0.5, 0.6) is 0 Å². The number of carboxylic acids is 2. The van der Waals surface area contributed by atoms with Crippen LogP contribution in [0.25, 0.3) is 0 Å². The molecule has 0 aromatic rings. The van der Waals surface area contributed by atoms with E-state index in [1.807, 2.05) is 20.8 Å². The Hall–Kier alpha value is -3.14. The summed E-state index contributed by atoms with van der Waals surface area (Å²) >= 11 is 0. The Morgan fingerprint density at radius 1 is 0.482 bits per heavy atom. The second-order valence-electron chi connectivity index (χ2n) is 15.3. The zero-order chi connectivity index (χ0) is 41.7. The van der Waals surface area contributed by atoms with E-state index in [1.165, 1.54) is 57.8 Å². The minimum absolute atomic E-state index is 0.0137. The van der Waals surface area contributed by atoms with E-state index in [9.17, 15) is 33.9 Å². The molecule has 15 nitrogen and oxygen atoms in total. The lowest BCUT2D eigenvalue weighted by Gasteiger charge is -2.16. The summed E-state index contributed by atoms with van der Waals surface area (Å²) in [5.41, 5.74) is -0.435. The summed E-state index contributed by atoms with van der Waals surface area (Å²) in [4.78, 5) is 70.2. The first kappa shape index (κ1) is 52.9. The molecule has 0 heterocycles. The van der Waals surface area contributed by atoms with Crippen molar-refractivity contribution in [2.45, 2.75) is 155 Å². The Balaban J connectivity index is 3.66. The number of carbonyl (C=O) groups excluding carboxylic acids is 4. The SMILES string of the molecule is CC(C)(C)C(=O)COCCOCCNC(=O)COCCOCCNC(=O)CC[C@H](NC(=O)CCCCCCCCCCCCCCCCCCC(=O)O)C(=O)O. The van der Waals surface area contributed by atoms with Gasteiger partial charge in [-0.1, -0.05) is 111 Å². The fraction of sp³-hybridized carbons (Fsp3) is 0.854. The number of amides is 3. The number of unbranched alkanes of at least 4 members (excludes halogenated alkanes) is 15. The molecule has 5 N–H and O–H groups in total. The monoisotopic (exact) mass is 802 g/mol. The van der Waals surface area contributed by atoms with Gasteiger partial charge in [0.25, 0.3) is 0 Å². The van der Waals surface area contributed by atoms with E-state index in [4.69, 9.17) is 24.1 Å². The number of ether oxygens (including phenoxy) is 4. The van der Waals surface area contributed by atoms with E-state index in [1.54, 1.807) is 0 Å². The van der Waals surface area contributed by atoms with Crippen LogP contribution in [-0.2, 0) is 47.7 Å². The average Bonchev–Trinajstić information content (AvgIpc) is 3.14. The number of carbonyl (C=O) groups is 6. The molecule has 0 rings (SSSR count). The van der Waals surface area contributed by atoms with E-state index in [-0.39, 0.29) is 88.8 Å². The summed E-state index contributed by atoms with van der Waals surface area (Å²) in [5.74, 6) is -2.81. The largest absolute Gasteiger partial charge is 0.481 e. The van der Waals surface area contributed by atoms with Gasteiger partial charge in [0.2, 0.25) is 17.7 Å². The first-order chi connectivity index (χ1) is 26.8. The van der Waals surface area contributed by atoms with Crippen molar-refractivity contribution in [2.75, 3.05) is 65.9 Å². The maximum absolute atomic E-state index is 12.3. The van der Waals surface area contributed by atoms with Gasteiger partial charge in [-0.2, -0.15) is 0 Å². The zero-order valence-corrected chi connectivity index (χ0v) is 34.8. The number of hydrogen-bond acceptors (Lipinski definition) is 10. The van der Waals surface area contributed by atoms with Gasteiger partial charge in [-0.05, 0) is 19.3 Å². The molecule has 0 saturated heterocycles. The van der Waals surface area contributed by atoms with E-state index < -0.39 is 23.4 Å². The van der Waals surface area contributed by atoms with Gasteiger partial charge in [0, 0.05) is 37.8 Å². The lowest BCUT2D eigenvalue weighted by Crippen LogP contribution is -2.41. The van der Waals surface area contributed by atoms with Crippen molar-refractivity contribution < 1.29 is 57.9 Å².